The summed E-state index contributed by atoms with van der Waals surface area (Å²) in [5.41, 5.74) is 3.32. The first-order chi connectivity index (χ1) is 11.3. The van der Waals surface area contributed by atoms with Crippen LogP contribution in [-0.4, -0.2) is 31.0 Å². The molecule has 1 aromatic heterocycles. The first-order valence-electron chi connectivity index (χ1n) is 8.07. The molecule has 0 aliphatic carbocycles. The second kappa shape index (κ2) is 7.36. The molecule has 1 aromatic carbocycles. The van der Waals surface area contributed by atoms with Crippen LogP contribution in [0.3, 0.4) is 0 Å². The zero-order valence-corrected chi connectivity index (χ0v) is 15.7. The first kappa shape index (κ1) is 18.5. The molecule has 2 rings (SSSR count). The number of aryl methyl sites for hydroxylation is 3. The van der Waals surface area contributed by atoms with Gasteiger partial charge in [-0.15, -0.1) is 0 Å². The minimum absolute atomic E-state index is 0.343. The highest BCUT2D eigenvalue weighted by atomic mass is 32.2. The van der Waals surface area contributed by atoms with E-state index in [2.05, 4.69) is 10.5 Å². The Morgan fingerprint density at radius 1 is 1.17 bits per heavy atom. The van der Waals surface area contributed by atoms with E-state index in [1.807, 2.05) is 46.8 Å². The highest BCUT2D eigenvalue weighted by Gasteiger charge is 2.23. The van der Waals surface area contributed by atoms with E-state index in [1.54, 1.807) is 6.07 Å². The quantitative estimate of drug-likeness (QED) is 0.829. The molecule has 0 unspecified atom stereocenters. The lowest BCUT2D eigenvalue weighted by Gasteiger charge is -2.20. The van der Waals surface area contributed by atoms with E-state index in [-0.39, 0.29) is 0 Å². The van der Waals surface area contributed by atoms with Crippen LogP contribution in [0.25, 0.3) is 0 Å². The normalized spacial score (nSPS) is 11.9. The van der Waals surface area contributed by atoms with Gasteiger partial charge in [0, 0.05) is 30.9 Å². The summed E-state index contributed by atoms with van der Waals surface area (Å²) < 4.78 is 32.2. The van der Waals surface area contributed by atoms with Gasteiger partial charge in [-0.2, -0.15) is 4.31 Å². The molecule has 0 aliphatic heterocycles. The molecule has 6 nitrogen and oxygen atoms in total. The van der Waals surface area contributed by atoms with E-state index in [9.17, 15) is 8.42 Å². The summed E-state index contributed by atoms with van der Waals surface area (Å²) in [6.07, 6.45) is 0. The molecule has 0 radical (unpaired) electrons. The third kappa shape index (κ3) is 3.62. The SMILES string of the molecule is CCN(CC)S(=O)(=O)c1cc(NCc2c(C)noc2C)ccc1C. The van der Waals surface area contributed by atoms with Crippen LogP contribution >= 0.6 is 0 Å². The van der Waals surface area contributed by atoms with Crippen molar-refractivity contribution in [2.24, 2.45) is 0 Å². The van der Waals surface area contributed by atoms with E-state index in [1.165, 1.54) is 4.31 Å². The maximum absolute atomic E-state index is 12.8. The maximum Gasteiger partial charge on any atom is 0.243 e. The van der Waals surface area contributed by atoms with Crippen LogP contribution in [-0.2, 0) is 16.6 Å². The van der Waals surface area contributed by atoms with Gasteiger partial charge >= 0.3 is 0 Å². The predicted molar refractivity (Wildman–Crippen MR) is 94.6 cm³/mol. The number of sulfonamides is 1. The van der Waals surface area contributed by atoms with Gasteiger partial charge in [-0.05, 0) is 38.5 Å². The molecular weight excluding hydrogens is 326 g/mol. The number of aromatic nitrogens is 1. The van der Waals surface area contributed by atoms with Crippen LogP contribution in [0.2, 0.25) is 0 Å². The average molecular weight is 351 g/mol. The smallest absolute Gasteiger partial charge is 0.243 e. The Balaban J connectivity index is 2.29. The number of hydrogen-bond acceptors (Lipinski definition) is 5. The molecule has 0 saturated heterocycles. The van der Waals surface area contributed by atoms with Crippen molar-refractivity contribution in [3.63, 3.8) is 0 Å². The molecular formula is C17H25N3O3S. The molecule has 0 fully saturated rings. The standard InChI is InChI=1S/C17H25N3O3S/c1-6-20(7-2)24(21,22)17-10-15(9-8-12(17)3)18-11-16-13(4)19-23-14(16)5/h8-10,18H,6-7,11H2,1-5H3. The summed E-state index contributed by atoms with van der Waals surface area (Å²) in [6, 6.07) is 5.40. The number of benzene rings is 1. The highest BCUT2D eigenvalue weighted by Crippen LogP contribution is 2.24. The monoisotopic (exact) mass is 351 g/mol. The summed E-state index contributed by atoms with van der Waals surface area (Å²) in [5.74, 6) is 0.767. The second-order valence-corrected chi connectivity index (χ2v) is 7.63. The van der Waals surface area contributed by atoms with Gasteiger partial charge < -0.3 is 9.84 Å². The highest BCUT2D eigenvalue weighted by molar-refractivity contribution is 7.89. The van der Waals surface area contributed by atoms with Gasteiger partial charge in [-0.1, -0.05) is 25.1 Å². The van der Waals surface area contributed by atoms with Crippen molar-refractivity contribution >= 4 is 15.7 Å². The predicted octanol–water partition coefficient (Wildman–Crippen LogP) is 3.24. The van der Waals surface area contributed by atoms with Crippen LogP contribution in [0, 0.1) is 20.8 Å². The lowest BCUT2D eigenvalue weighted by Crippen LogP contribution is -2.31. The molecule has 0 atom stereocenters. The fourth-order valence-corrected chi connectivity index (χ4v) is 4.34. The maximum atomic E-state index is 12.8. The number of hydrogen-bond donors (Lipinski definition) is 1. The van der Waals surface area contributed by atoms with Gasteiger partial charge in [0.15, 0.2) is 0 Å². The van der Waals surface area contributed by atoms with Gasteiger partial charge in [-0.25, -0.2) is 8.42 Å². The third-order valence-corrected chi connectivity index (χ3v) is 6.35. The van der Waals surface area contributed by atoms with E-state index in [4.69, 9.17) is 4.52 Å². The van der Waals surface area contributed by atoms with E-state index in [0.29, 0.717) is 24.5 Å². The summed E-state index contributed by atoms with van der Waals surface area (Å²) in [5, 5.41) is 7.19. The van der Waals surface area contributed by atoms with Crippen molar-refractivity contribution in [1.82, 2.24) is 9.46 Å². The molecule has 0 aliphatic rings. The summed E-state index contributed by atoms with van der Waals surface area (Å²) in [4.78, 5) is 0.343. The van der Waals surface area contributed by atoms with Crippen molar-refractivity contribution in [3.8, 4) is 0 Å². The van der Waals surface area contributed by atoms with Crippen LogP contribution in [0.5, 0.6) is 0 Å². The van der Waals surface area contributed by atoms with Gasteiger partial charge in [0.05, 0.1) is 10.6 Å². The Hall–Kier alpha value is -1.86. The Labute approximate surface area is 143 Å². The molecule has 2 aromatic rings. The van der Waals surface area contributed by atoms with Crippen molar-refractivity contribution < 1.29 is 12.9 Å². The molecule has 0 amide bonds. The van der Waals surface area contributed by atoms with E-state index < -0.39 is 10.0 Å². The van der Waals surface area contributed by atoms with Crippen molar-refractivity contribution in [3.05, 3.63) is 40.8 Å². The number of nitrogens with one attached hydrogen (secondary N) is 1. The van der Waals surface area contributed by atoms with Crippen LogP contribution in [0.4, 0.5) is 5.69 Å². The Morgan fingerprint density at radius 2 is 1.83 bits per heavy atom. The van der Waals surface area contributed by atoms with Gasteiger partial charge in [0.25, 0.3) is 0 Å². The summed E-state index contributed by atoms with van der Waals surface area (Å²) in [6.45, 7) is 10.7. The van der Waals surface area contributed by atoms with Gasteiger partial charge in [-0.3, -0.25) is 0 Å². The second-order valence-electron chi connectivity index (χ2n) is 5.73. The lowest BCUT2D eigenvalue weighted by molar-refractivity contribution is 0.392. The van der Waals surface area contributed by atoms with Crippen LogP contribution in [0.15, 0.2) is 27.6 Å². The molecule has 7 heteroatoms. The largest absolute Gasteiger partial charge is 0.381 e. The minimum Gasteiger partial charge on any atom is -0.381 e. The summed E-state index contributed by atoms with van der Waals surface area (Å²) >= 11 is 0. The molecule has 132 valence electrons. The molecule has 24 heavy (non-hydrogen) atoms. The van der Waals surface area contributed by atoms with Crippen LogP contribution < -0.4 is 5.32 Å². The molecule has 0 spiro atoms. The third-order valence-electron chi connectivity index (χ3n) is 4.16. The lowest BCUT2D eigenvalue weighted by atomic mass is 10.2. The van der Waals surface area contributed by atoms with Crippen molar-refractivity contribution in [1.29, 1.82) is 0 Å². The summed E-state index contributed by atoms with van der Waals surface area (Å²) in [7, 11) is -3.48. The van der Waals surface area contributed by atoms with Crippen molar-refractivity contribution in [2.45, 2.75) is 46.1 Å². The minimum atomic E-state index is -3.48. The zero-order valence-electron chi connectivity index (χ0n) is 14.9. The van der Waals surface area contributed by atoms with Gasteiger partial charge in [0.2, 0.25) is 10.0 Å². The molecule has 1 N–H and O–H groups in total. The number of nitrogens with zero attached hydrogens (tertiary/aromatic N) is 2. The topological polar surface area (TPSA) is 75.4 Å². The Kier molecular flexibility index (Phi) is 5.66. The zero-order chi connectivity index (χ0) is 17.9. The molecule has 0 saturated carbocycles. The molecule has 0 bridgehead atoms. The van der Waals surface area contributed by atoms with E-state index in [0.717, 1.165) is 28.3 Å². The molecule has 1 heterocycles. The fraction of sp³-hybridized carbons (Fsp3) is 0.471. The Bertz CT molecular complexity index is 789. The Morgan fingerprint density at radius 3 is 2.38 bits per heavy atom. The van der Waals surface area contributed by atoms with Crippen LogP contribution in [0.1, 0.15) is 36.4 Å². The average Bonchev–Trinajstić information content (AvgIpc) is 2.86. The fourth-order valence-electron chi connectivity index (χ4n) is 2.64. The van der Waals surface area contributed by atoms with Crippen molar-refractivity contribution in [2.75, 3.05) is 18.4 Å². The first-order valence-corrected chi connectivity index (χ1v) is 9.51. The number of anilines is 1. The number of rotatable bonds is 7. The van der Waals surface area contributed by atoms with Gasteiger partial charge in [0.1, 0.15) is 5.76 Å². The van der Waals surface area contributed by atoms with E-state index >= 15 is 0 Å².